The van der Waals surface area contributed by atoms with Crippen molar-refractivity contribution in [2.75, 3.05) is 0 Å². The van der Waals surface area contributed by atoms with Crippen LogP contribution in [0.15, 0.2) is 0 Å². The summed E-state index contributed by atoms with van der Waals surface area (Å²) in [6.07, 6.45) is 1.67. The van der Waals surface area contributed by atoms with E-state index in [1.165, 1.54) is 0 Å². The Hall–Kier alpha value is 0.220. The van der Waals surface area contributed by atoms with Crippen molar-refractivity contribution in [2.45, 2.75) is 57.5 Å². The predicted molar refractivity (Wildman–Crippen MR) is 68.1 cm³/mol. The van der Waals surface area contributed by atoms with Crippen molar-refractivity contribution in [3.63, 3.8) is 0 Å². The highest BCUT2D eigenvalue weighted by atomic mass is 32.2. The maximum atomic E-state index is 11.2. The summed E-state index contributed by atoms with van der Waals surface area (Å²) in [6.45, 7) is 7.47. The van der Waals surface area contributed by atoms with E-state index >= 15 is 0 Å². The molecule has 0 aromatic heterocycles. The van der Waals surface area contributed by atoms with Crippen molar-refractivity contribution in [1.29, 1.82) is 0 Å². The second kappa shape index (κ2) is 6.83. The summed E-state index contributed by atoms with van der Waals surface area (Å²) < 4.78 is 40.6. The van der Waals surface area contributed by atoms with Crippen molar-refractivity contribution >= 4 is 22.2 Å². The topological polar surface area (TPSA) is 74.6 Å². The van der Waals surface area contributed by atoms with Crippen molar-refractivity contribution in [2.24, 2.45) is 5.41 Å². The molecule has 4 nitrogen and oxygen atoms in total. The second-order valence-electron chi connectivity index (χ2n) is 4.67. The summed E-state index contributed by atoms with van der Waals surface area (Å²) >= 11 is -3.75. The lowest BCUT2D eigenvalue weighted by molar-refractivity contribution is 0.292. The van der Waals surface area contributed by atoms with Crippen LogP contribution in [0, 0.1) is 5.41 Å². The fourth-order valence-corrected chi connectivity index (χ4v) is 3.83. The molecule has 0 bridgehead atoms. The highest BCUT2D eigenvalue weighted by Crippen LogP contribution is 2.33. The van der Waals surface area contributed by atoms with Crippen molar-refractivity contribution in [3.05, 3.63) is 0 Å². The lowest BCUT2D eigenvalue weighted by atomic mass is 9.82. The average Bonchev–Trinajstić information content (AvgIpc) is 2.13. The lowest BCUT2D eigenvalue weighted by Crippen LogP contribution is -2.36. The van der Waals surface area contributed by atoms with E-state index in [4.69, 9.17) is 4.55 Å². The molecule has 0 spiro atoms. The molecule has 0 saturated carbocycles. The van der Waals surface area contributed by atoms with Crippen LogP contribution in [0.2, 0.25) is 0 Å². The quantitative estimate of drug-likeness (QED) is 0.697. The first-order valence-electron chi connectivity index (χ1n) is 5.45. The summed E-state index contributed by atoms with van der Waals surface area (Å²) in [5.74, 6) is 0. The molecule has 98 valence electrons. The largest absolute Gasteiger partial charge is 0.306 e. The molecule has 0 amide bonds. The van der Waals surface area contributed by atoms with Gasteiger partial charge in [0.15, 0.2) is 22.2 Å². The van der Waals surface area contributed by atoms with E-state index in [9.17, 15) is 13.0 Å². The first kappa shape index (κ1) is 16.2. The van der Waals surface area contributed by atoms with Crippen LogP contribution in [-0.4, -0.2) is 28.0 Å². The fourth-order valence-electron chi connectivity index (χ4n) is 2.04. The highest BCUT2D eigenvalue weighted by Gasteiger charge is 2.35. The Balaban J connectivity index is 4.76. The van der Waals surface area contributed by atoms with Gasteiger partial charge in [0.1, 0.15) is 0 Å². The minimum absolute atomic E-state index is 0.326. The zero-order chi connectivity index (χ0) is 12.9. The molecular formula is C10H22O4S2. The third kappa shape index (κ3) is 4.61. The van der Waals surface area contributed by atoms with E-state index in [1.54, 1.807) is 0 Å². The SMILES string of the molecule is CCC(CC(C)(C)C(CC)S(=O)O)S(=O)O. The molecule has 2 N–H and O–H groups in total. The first-order valence-corrected chi connectivity index (χ1v) is 7.79. The van der Waals surface area contributed by atoms with Crippen molar-refractivity contribution < 1.29 is 17.5 Å². The van der Waals surface area contributed by atoms with Crippen molar-refractivity contribution in [1.82, 2.24) is 0 Å². The molecule has 0 heterocycles. The van der Waals surface area contributed by atoms with E-state index in [-0.39, 0.29) is 10.5 Å². The molecule has 4 unspecified atom stereocenters. The minimum Gasteiger partial charge on any atom is -0.306 e. The van der Waals surface area contributed by atoms with Gasteiger partial charge in [-0.15, -0.1) is 0 Å². The van der Waals surface area contributed by atoms with Gasteiger partial charge < -0.3 is 9.11 Å². The molecule has 16 heavy (non-hydrogen) atoms. The van der Waals surface area contributed by atoms with Crippen LogP contribution in [0.25, 0.3) is 0 Å². The third-order valence-corrected chi connectivity index (χ3v) is 5.51. The standard InChI is InChI=1S/C10H22O4S2/c1-5-8(15(11)12)7-10(3,4)9(6-2)16(13)14/h8-9H,5-7H2,1-4H3,(H,11,12)(H,13,14). The summed E-state index contributed by atoms with van der Waals surface area (Å²) in [7, 11) is 0. The molecule has 0 aliphatic heterocycles. The molecule has 0 aromatic rings. The zero-order valence-corrected chi connectivity index (χ0v) is 11.9. The van der Waals surface area contributed by atoms with E-state index < -0.39 is 27.6 Å². The molecule has 0 aliphatic carbocycles. The molecule has 0 radical (unpaired) electrons. The third-order valence-electron chi connectivity index (χ3n) is 2.98. The predicted octanol–water partition coefficient (Wildman–Crippen LogP) is 2.40. The second-order valence-corrected chi connectivity index (χ2v) is 7.01. The van der Waals surface area contributed by atoms with Gasteiger partial charge >= 0.3 is 0 Å². The maximum absolute atomic E-state index is 11.2. The van der Waals surface area contributed by atoms with Gasteiger partial charge in [0.25, 0.3) is 0 Å². The van der Waals surface area contributed by atoms with E-state index in [0.717, 1.165) is 0 Å². The van der Waals surface area contributed by atoms with Gasteiger partial charge in [-0.1, -0.05) is 27.7 Å². The molecule has 0 rings (SSSR count). The van der Waals surface area contributed by atoms with Gasteiger partial charge in [-0.2, -0.15) is 0 Å². The molecular weight excluding hydrogens is 248 g/mol. The van der Waals surface area contributed by atoms with E-state index in [0.29, 0.717) is 19.3 Å². The molecule has 6 heteroatoms. The zero-order valence-electron chi connectivity index (χ0n) is 10.3. The van der Waals surface area contributed by atoms with Gasteiger partial charge in [0.05, 0.1) is 10.5 Å². The Morgan fingerprint density at radius 3 is 1.81 bits per heavy atom. The molecule has 0 aromatic carbocycles. The Morgan fingerprint density at radius 2 is 1.56 bits per heavy atom. The number of hydrogen-bond acceptors (Lipinski definition) is 2. The van der Waals surface area contributed by atoms with Crippen LogP contribution in [0.4, 0.5) is 0 Å². The van der Waals surface area contributed by atoms with Crippen LogP contribution >= 0.6 is 0 Å². The maximum Gasteiger partial charge on any atom is 0.156 e. The number of hydrogen-bond donors (Lipinski definition) is 2. The monoisotopic (exact) mass is 270 g/mol. The van der Waals surface area contributed by atoms with E-state index in [1.807, 2.05) is 27.7 Å². The Morgan fingerprint density at radius 1 is 1.06 bits per heavy atom. The molecule has 0 fully saturated rings. The highest BCUT2D eigenvalue weighted by molar-refractivity contribution is 7.80. The van der Waals surface area contributed by atoms with Crippen LogP contribution in [0.3, 0.4) is 0 Å². The smallest absolute Gasteiger partial charge is 0.156 e. The van der Waals surface area contributed by atoms with Crippen LogP contribution in [0.5, 0.6) is 0 Å². The lowest BCUT2D eigenvalue weighted by Gasteiger charge is -2.33. The van der Waals surface area contributed by atoms with Gasteiger partial charge in [-0.05, 0) is 24.7 Å². The van der Waals surface area contributed by atoms with Gasteiger partial charge in [-0.3, -0.25) is 0 Å². The van der Waals surface area contributed by atoms with Crippen LogP contribution in [-0.2, 0) is 22.2 Å². The Kier molecular flexibility index (Phi) is 6.93. The summed E-state index contributed by atoms with van der Waals surface area (Å²) in [5, 5.41) is -0.683. The van der Waals surface area contributed by atoms with Crippen molar-refractivity contribution in [3.8, 4) is 0 Å². The minimum atomic E-state index is -1.89. The average molecular weight is 270 g/mol. The summed E-state index contributed by atoms with van der Waals surface area (Å²) in [6, 6.07) is 0. The first-order chi connectivity index (χ1) is 7.26. The van der Waals surface area contributed by atoms with Gasteiger partial charge in [-0.25, -0.2) is 8.42 Å². The van der Waals surface area contributed by atoms with E-state index in [2.05, 4.69) is 0 Å². The fraction of sp³-hybridized carbons (Fsp3) is 1.00. The number of rotatable bonds is 7. The molecule has 0 saturated heterocycles. The normalized spacial score (nSPS) is 20.1. The van der Waals surface area contributed by atoms with Crippen LogP contribution in [0.1, 0.15) is 47.0 Å². The Labute approximate surface area is 103 Å². The van der Waals surface area contributed by atoms with Crippen LogP contribution < -0.4 is 0 Å². The molecule has 4 atom stereocenters. The summed E-state index contributed by atoms with van der Waals surface area (Å²) in [4.78, 5) is 0. The van der Waals surface area contributed by atoms with Gasteiger partial charge in [0, 0.05) is 0 Å². The Bertz CT molecular complexity index is 266. The van der Waals surface area contributed by atoms with Gasteiger partial charge in [0.2, 0.25) is 0 Å². The molecule has 0 aliphatic rings. The summed E-state index contributed by atoms with van der Waals surface area (Å²) in [5.41, 5.74) is -0.409.